The first-order chi connectivity index (χ1) is 8.83. The molecule has 98 valence electrons. The number of aliphatic hydroxyl groups is 1. The maximum absolute atomic E-state index is 9.86. The summed E-state index contributed by atoms with van der Waals surface area (Å²) in [6.07, 6.45) is 2.14. The van der Waals surface area contributed by atoms with Crippen LogP contribution < -0.4 is 4.74 Å². The van der Waals surface area contributed by atoms with Crippen LogP contribution in [0.5, 0.6) is 5.75 Å². The highest BCUT2D eigenvalue weighted by molar-refractivity contribution is 5.20. The van der Waals surface area contributed by atoms with Gasteiger partial charge in [-0.2, -0.15) is 0 Å². The molecule has 1 aromatic rings. The van der Waals surface area contributed by atoms with Crippen LogP contribution in [0, 0.1) is 11.8 Å². The van der Waals surface area contributed by atoms with E-state index in [0.29, 0.717) is 5.92 Å². The number of para-hydroxylation sites is 1. The van der Waals surface area contributed by atoms with Gasteiger partial charge in [-0.3, -0.25) is 4.90 Å². The molecule has 1 saturated heterocycles. The van der Waals surface area contributed by atoms with Crippen LogP contribution in [0.2, 0.25) is 0 Å². The van der Waals surface area contributed by atoms with Gasteiger partial charge in [0.2, 0.25) is 0 Å². The van der Waals surface area contributed by atoms with Gasteiger partial charge < -0.3 is 9.84 Å². The highest BCUT2D eigenvalue weighted by Gasteiger charge is 2.41. The van der Waals surface area contributed by atoms with Crippen molar-refractivity contribution in [1.82, 2.24) is 4.90 Å². The van der Waals surface area contributed by atoms with Gasteiger partial charge in [0, 0.05) is 25.6 Å². The molecule has 0 amide bonds. The predicted molar refractivity (Wildman–Crippen MR) is 70.6 cm³/mol. The Kier molecular flexibility index (Phi) is 3.52. The number of benzene rings is 1. The first-order valence-electron chi connectivity index (χ1n) is 6.91. The molecule has 2 aliphatic rings. The zero-order valence-electron chi connectivity index (χ0n) is 10.7. The number of rotatable bonds is 4. The van der Waals surface area contributed by atoms with Gasteiger partial charge in [-0.15, -0.1) is 0 Å². The summed E-state index contributed by atoms with van der Waals surface area (Å²) in [6.45, 7) is 3.89. The molecular formula is C15H21NO2. The molecule has 0 aromatic heterocycles. The summed E-state index contributed by atoms with van der Waals surface area (Å²) in [5.74, 6) is 2.18. The van der Waals surface area contributed by atoms with Gasteiger partial charge in [-0.05, 0) is 30.9 Å². The van der Waals surface area contributed by atoms with Crippen molar-refractivity contribution >= 4 is 0 Å². The average Bonchev–Trinajstić information content (AvgIpc) is 2.94. The van der Waals surface area contributed by atoms with Crippen LogP contribution in [0.3, 0.4) is 0 Å². The molecule has 18 heavy (non-hydrogen) atoms. The van der Waals surface area contributed by atoms with E-state index in [4.69, 9.17) is 4.74 Å². The summed E-state index contributed by atoms with van der Waals surface area (Å²) in [5, 5.41) is 9.86. The largest absolute Gasteiger partial charge is 0.492 e. The molecule has 1 saturated carbocycles. The lowest BCUT2D eigenvalue weighted by Gasteiger charge is -2.18. The fourth-order valence-electron chi connectivity index (χ4n) is 3.32. The van der Waals surface area contributed by atoms with E-state index in [-0.39, 0.29) is 6.10 Å². The van der Waals surface area contributed by atoms with Crippen molar-refractivity contribution in [3.05, 3.63) is 30.3 Å². The lowest BCUT2D eigenvalue weighted by Crippen LogP contribution is -2.28. The highest BCUT2D eigenvalue weighted by Crippen LogP contribution is 2.37. The summed E-state index contributed by atoms with van der Waals surface area (Å²) >= 11 is 0. The molecule has 3 nitrogen and oxygen atoms in total. The van der Waals surface area contributed by atoms with Crippen molar-refractivity contribution in [1.29, 1.82) is 0 Å². The van der Waals surface area contributed by atoms with Crippen molar-refractivity contribution in [2.45, 2.75) is 18.9 Å². The second-order valence-electron chi connectivity index (χ2n) is 5.49. The lowest BCUT2D eigenvalue weighted by molar-refractivity contribution is 0.122. The van der Waals surface area contributed by atoms with Crippen molar-refractivity contribution in [3.63, 3.8) is 0 Å². The van der Waals surface area contributed by atoms with Gasteiger partial charge in [0.05, 0.1) is 6.10 Å². The Labute approximate surface area is 108 Å². The molecular weight excluding hydrogens is 226 g/mol. The number of nitrogens with zero attached hydrogens (tertiary/aromatic N) is 1. The quantitative estimate of drug-likeness (QED) is 0.880. The van der Waals surface area contributed by atoms with E-state index in [1.165, 1.54) is 6.42 Å². The summed E-state index contributed by atoms with van der Waals surface area (Å²) < 4.78 is 5.71. The molecule has 3 atom stereocenters. The van der Waals surface area contributed by atoms with Gasteiger partial charge >= 0.3 is 0 Å². The van der Waals surface area contributed by atoms with Crippen LogP contribution in [0.15, 0.2) is 30.3 Å². The van der Waals surface area contributed by atoms with E-state index in [9.17, 15) is 5.11 Å². The number of hydrogen-bond donors (Lipinski definition) is 1. The SMILES string of the molecule is OC1CCC2CN(CCOc3ccccc3)CC12. The molecule has 0 spiro atoms. The van der Waals surface area contributed by atoms with Gasteiger partial charge in [-0.25, -0.2) is 0 Å². The minimum Gasteiger partial charge on any atom is -0.492 e. The standard InChI is InChI=1S/C15H21NO2/c17-15-7-6-12-10-16(11-14(12)15)8-9-18-13-4-2-1-3-5-13/h1-5,12,14-15,17H,6-11H2. The third kappa shape index (κ3) is 2.52. The van der Waals surface area contributed by atoms with Crippen LogP contribution in [0.25, 0.3) is 0 Å². The Hall–Kier alpha value is -1.06. The van der Waals surface area contributed by atoms with Crippen LogP contribution in [-0.4, -0.2) is 42.4 Å². The average molecular weight is 247 g/mol. The second-order valence-corrected chi connectivity index (χ2v) is 5.49. The Morgan fingerprint density at radius 3 is 2.78 bits per heavy atom. The fraction of sp³-hybridized carbons (Fsp3) is 0.600. The molecule has 3 unspecified atom stereocenters. The Morgan fingerprint density at radius 1 is 1.17 bits per heavy atom. The molecule has 1 heterocycles. The van der Waals surface area contributed by atoms with Gasteiger partial charge in [0.25, 0.3) is 0 Å². The van der Waals surface area contributed by atoms with Gasteiger partial charge in [0.15, 0.2) is 0 Å². The van der Waals surface area contributed by atoms with Crippen LogP contribution in [0.1, 0.15) is 12.8 Å². The smallest absolute Gasteiger partial charge is 0.119 e. The van der Waals surface area contributed by atoms with E-state index in [1.807, 2.05) is 30.3 Å². The summed E-state index contributed by atoms with van der Waals surface area (Å²) in [6, 6.07) is 9.96. The fourth-order valence-corrected chi connectivity index (χ4v) is 3.32. The number of fused-ring (bicyclic) bond motifs is 1. The number of aliphatic hydroxyl groups excluding tert-OH is 1. The van der Waals surface area contributed by atoms with Crippen molar-refractivity contribution in [2.75, 3.05) is 26.2 Å². The van der Waals surface area contributed by atoms with Crippen LogP contribution in [0.4, 0.5) is 0 Å². The highest BCUT2D eigenvalue weighted by atomic mass is 16.5. The number of likely N-dealkylation sites (tertiary alicyclic amines) is 1. The van der Waals surface area contributed by atoms with E-state index < -0.39 is 0 Å². The van der Waals surface area contributed by atoms with E-state index >= 15 is 0 Å². The predicted octanol–water partition coefficient (Wildman–Crippen LogP) is 1.77. The Balaban J connectivity index is 1.43. The molecule has 0 radical (unpaired) electrons. The zero-order chi connectivity index (χ0) is 12.4. The normalized spacial score (nSPS) is 31.5. The third-order valence-electron chi connectivity index (χ3n) is 4.31. The third-order valence-corrected chi connectivity index (χ3v) is 4.31. The van der Waals surface area contributed by atoms with Crippen LogP contribution in [-0.2, 0) is 0 Å². The maximum atomic E-state index is 9.86. The molecule has 1 aliphatic carbocycles. The topological polar surface area (TPSA) is 32.7 Å². The van der Waals surface area contributed by atoms with Crippen LogP contribution >= 0.6 is 0 Å². The van der Waals surface area contributed by atoms with Crippen molar-refractivity contribution in [3.8, 4) is 5.75 Å². The minimum absolute atomic E-state index is 0.0601. The minimum atomic E-state index is -0.0601. The van der Waals surface area contributed by atoms with E-state index in [2.05, 4.69) is 4.90 Å². The molecule has 1 aliphatic heterocycles. The second kappa shape index (κ2) is 5.29. The van der Waals surface area contributed by atoms with Gasteiger partial charge in [-0.1, -0.05) is 18.2 Å². The van der Waals surface area contributed by atoms with Gasteiger partial charge in [0.1, 0.15) is 12.4 Å². The van der Waals surface area contributed by atoms with Crippen molar-refractivity contribution in [2.24, 2.45) is 11.8 Å². The zero-order valence-corrected chi connectivity index (χ0v) is 10.7. The lowest BCUT2D eigenvalue weighted by atomic mass is 10.00. The summed E-state index contributed by atoms with van der Waals surface area (Å²) in [7, 11) is 0. The maximum Gasteiger partial charge on any atom is 0.119 e. The summed E-state index contributed by atoms with van der Waals surface area (Å²) in [4.78, 5) is 2.43. The first-order valence-corrected chi connectivity index (χ1v) is 6.91. The molecule has 2 fully saturated rings. The Bertz CT molecular complexity index is 381. The van der Waals surface area contributed by atoms with E-state index in [0.717, 1.165) is 44.3 Å². The molecule has 1 aromatic carbocycles. The summed E-state index contributed by atoms with van der Waals surface area (Å²) in [5.41, 5.74) is 0. The molecule has 3 rings (SSSR count). The van der Waals surface area contributed by atoms with Crippen molar-refractivity contribution < 1.29 is 9.84 Å². The molecule has 3 heteroatoms. The molecule has 0 bridgehead atoms. The first kappa shape index (κ1) is 12.0. The van der Waals surface area contributed by atoms with E-state index in [1.54, 1.807) is 0 Å². The molecule has 1 N–H and O–H groups in total. The Morgan fingerprint density at radius 2 is 2.00 bits per heavy atom. The number of hydrogen-bond acceptors (Lipinski definition) is 3. The number of ether oxygens (including phenoxy) is 1. The monoisotopic (exact) mass is 247 g/mol.